The fourth-order valence-electron chi connectivity index (χ4n) is 3.63. The van der Waals surface area contributed by atoms with Crippen LogP contribution in [0.25, 0.3) is 16.8 Å². The Labute approximate surface area is 207 Å². The zero-order valence-electron chi connectivity index (χ0n) is 19.7. The molecular weight excluding hydrogens is 481 g/mol. The van der Waals surface area contributed by atoms with Gasteiger partial charge in [0, 0.05) is 54.5 Å². The summed E-state index contributed by atoms with van der Waals surface area (Å²) in [5.74, 6) is 0.341. The fourth-order valence-corrected chi connectivity index (χ4v) is 3.78. The van der Waals surface area contributed by atoms with Crippen molar-refractivity contribution < 1.29 is 18.0 Å². The Kier molecular flexibility index (Phi) is 8.26. The summed E-state index contributed by atoms with van der Waals surface area (Å²) in [5, 5.41) is 8.96. The quantitative estimate of drug-likeness (QED) is 0.405. The number of aliphatic imine (C=N–C) groups is 1. The molecule has 1 aliphatic heterocycles. The molecule has 186 valence electrons. The van der Waals surface area contributed by atoms with E-state index in [9.17, 15) is 18.0 Å². The maximum absolute atomic E-state index is 13.0. The minimum atomic E-state index is -4.45. The normalized spacial score (nSPS) is 15.5. The Balaban J connectivity index is 2.01. The van der Waals surface area contributed by atoms with Crippen molar-refractivity contribution in [3.63, 3.8) is 0 Å². The van der Waals surface area contributed by atoms with Crippen LogP contribution in [0, 0.1) is 5.92 Å². The van der Waals surface area contributed by atoms with Gasteiger partial charge in [-0.3, -0.25) is 9.79 Å². The summed E-state index contributed by atoms with van der Waals surface area (Å²) in [7, 11) is 0. The van der Waals surface area contributed by atoms with Crippen LogP contribution in [0.1, 0.15) is 32.0 Å². The predicted molar refractivity (Wildman–Crippen MR) is 131 cm³/mol. The van der Waals surface area contributed by atoms with Gasteiger partial charge in [-0.15, -0.1) is 10.2 Å². The zero-order chi connectivity index (χ0) is 25.8. The van der Waals surface area contributed by atoms with Crippen LogP contribution in [0.5, 0.6) is 0 Å². The van der Waals surface area contributed by atoms with E-state index in [4.69, 9.17) is 16.6 Å². The highest BCUT2D eigenvalue weighted by Gasteiger charge is 2.30. The van der Waals surface area contributed by atoms with Gasteiger partial charge in [0.05, 0.1) is 5.56 Å². The van der Waals surface area contributed by atoms with E-state index < -0.39 is 11.7 Å². The van der Waals surface area contributed by atoms with Crippen molar-refractivity contribution >= 4 is 35.7 Å². The molecule has 1 aromatic heterocycles. The van der Waals surface area contributed by atoms with Crippen molar-refractivity contribution in [3.05, 3.63) is 52.8 Å². The Hall–Kier alpha value is -3.27. The summed E-state index contributed by atoms with van der Waals surface area (Å²) in [5.41, 5.74) is 0.748. The van der Waals surface area contributed by atoms with Crippen molar-refractivity contribution in [2.75, 3.05) is 31.1 Å². The van der Waals surface area contributed by atoms with Gasteiger partial charge < -0.3 is 9.80 Å². The lowest BCUT2D eigenvalue weighted by Gasteiger charge is -2.35. The molecule has 2 heterocycles. The van der Waals surface area contributed by atoms with Crippen LogP contribution in [-0.4, -0.2) is 58.9 Å². The lowest BCUT2D eigenvalue weighted by molar-refractivity contribution is -0.137. The molecule has 0 atom stereocenters. The number of allylic oxidation sites excluding steroid dienone is 3. The molecule has 1 aliphatic rings. The minimum absolute atomic E-state index is 0.0845. The topological polar surface area (TPSA) is 74.6 Å². The second-order valence-corrected chi connectivity index (χ2v) is 8.86. The van der Waals surface area contributed by atoms with Gasteiger partial charge in [0.2, 0.25) is 11.9 Å². The van der Waals surface area contributed by atoms with E-state index in [0.717, 1.165) is 12.1 Å². The number of anilines is 1. The third-order valence-electron chi connectivity index (χ3n) is 5.50. The Morgan fingerprint density at radius 3 is 2.29 bits per heavy atom. The van der Waals surface area contributed by atoms with Crippen LogP contribution >= 0.6 is 11.6 Å². The first-order valence-corrected chi connectivity index (χ1v) is 11.4. The van der Waals surface area contributed by atoms with Gasteiger partial charge >= 0.3 is 6.18 Å². The number of piperazine rings is 1. The third-order valence-corrected chi connectivity index (χ3v) is 5.71. The molecule has 1 aromatic carbocycles. The summed E-state index contributed by atoms with van der Waals surface area (Å²) in [6.07, 6.45) is -1.41. The first-order chi connectivity index (χ1) is 16.5. The van der Waals surface area contributed by atoms with Crippen molar-refractivity contribution in [3.8, 4) is 11.3 Å². The smallest absolute Gasteiger partial charge is 0.339 e. The summed E-state index contributed by atoms with van der Waals surface area (Å²) in [4.78, 5) is 24.4. The minimum Gasteiger partial charge on any atom is -0.339 e. The molecule has 1 saturated heterocycles. The molecule has 0 saturated carbocycles. The number of rotatable bonds is 6. The second kappa shape index (κ2) is 11.0. The van der Waals surface area contributed by atoms with Crippen LogP contribution in [-0.2, 0) is 11.0 Å². The summed E-state index contributed by atoms with van der Waals surface area (Å²) < 4.78 is 39.1. The molecule has 2 aromatic rings. The number of amides is 1. The highest BCUT2D eigenvalue weighted by atomic mass is 35.5. The third kappa shape index (κ3) is 6.25. The number of alkyl halides is 3. The van der Waals surface area contributed by atoms with Gasteiger partial charge in [-0.05, 0) is 31.9 Å². The van der Waals surface area contributed by atoms with E-state index in [1.54, 1.807) is 17.9 Å². The molecule has 0 unspecified atom stereocenters. The van der Waals surface area contributed by atoms with E-state index in [1.165, 1.54) is 18.3 Å². The van der Waals surface area contributed by atoms with Crippen molar-refractivity contribution in [2.45, 2.75) is 26.9 Å². The van der Waals surface area contributed by atoms with Gasteiger partial charge in [-0.2, -0.15) is 13.2 Å². The van der Waals surface area contributed by atoms with E-state index in [2.05, 4.69) is 21.9 Å². The molecule has 1 amide bonds. The molecule has 0 aliphatic carbocycles. The SMILES string of the molecule is C=N/C=C\C(=C(/C)Cl)c1nc(N2CCN(C(=O)C(C)C)CC2)nnc1-c1ccc(C(F)(F)F)cc1. The number of carbonyl (C=O) groups excluding carboxylic acids is 1. The number of nitrogens with zero attached hydrogens (tertiary/aromatic N) is 6. The molecule has 0 radical (unpaired) electrons. The number of carbonyl (C=O) groups is 1. The highest BCUT2D eigenvalue weighted by molar-refractivity contribution is 6.32. The monoisotopic (exact) mass is 506 g/mol. The molecule has 1 fully saturated rings. The van der Waals surface area contributed by atoms with Gasteiger partial charge in [0.1, 0.15) is 11.4 Å². The summed E-state index contributed by atoms with van der Waals surface area (Å²) in [6, 6.07) is 4.62. The van der Waals surface area contributed by atoms with Crippen molar-refractivity contribution in [1.82, 2.24) is 20.1 Å². The van der Waals surface area contributed by atoms with Crippen LogP contribution in [0.15, 0.2) is 46.6 Å². The van der Waals surface area contributed by atoms with E-state index >= 15 is 0 Å². The number of benzene rings is 1. The van der Waals surface area contributed by atoms with E-state index in [0.29, 0.717) is 54.0 Å². The van der Waals surface area contributed by atoms with Crippen molar-refractivity contribution in [2.24, 2.45) is 10.9 Å². The van der Waals surface area contributed by atoms with Crippen LogP contribution in [0.3, 0.4) is 0 Å². The number of hydrogen-bond acceptors (Lipinski definition) is 6. The summed E-state index contributed by atoms with van der Waals surface area (Å²) in [6.45, 7) is 10.9. The predicted octanol–water partition coefficient (Wildman–Crippen LogP) is 5.05. The lowest BCUT2D eigenvalue weighted by atomic mass is 10.0. The molecule has 0 bridgehead atoms. The Morgan fingerprint density at radius 2 is 1.77 bits per heavy atom. The molecule has 7 nitrogen and oxygen atoms in total. The number of hydrogen-bond donors (Lipinski definition) is 0. The fraction of sp³-hybridized carbons (Fsp3) is 0.375. The number of halogens is 4. The van der Waals surface area contributed by atoms with E-state index in [1.807, 2.05) is 18.7 Å². The van der Waals surface area contributed by atoms with Crippen molar-refractivity contribution in [1.29, 1.82) is 0 Å². The zero-order valence-corrected chi connectivity index (χ0v) is 20.4. The van der Waals surface area contributed by atoms with Crippen LogP contribution in [0.2, 0.25) is 0 Å². The molecule has 3 rings (SSSR count). The average Bonchev–Trinajstić information content (AvgIpc) is 2.83. The average molecular weight is 507 g/mol. The van der Waals surface area contributed by atoms with Crippen LogP contribution in [0.4, 0.5) is 19.1 Å². The Bertz CT molecular complexity index is 1130. The molecule has 35 heavy (non-hydrogen) atoms. The molecular formula is C24H26ClF3N6O. The highest BCUT2D eigenvalue weighted by Crippen LogP contribution is 2.34. The number of aromatic nitrogens is 3. The standard InChI is InChI=1S/C24H26ClF3N6O/c1-15(2)22(35)33-11-13-34(14-12-33)23-30-21(19(16(3)25)9-10-29-4)20(31-32-23)17-5-7-18(8-6-17)24(26,27)28/h5-10,15H,4,11-14H2,1-3H3/b10-9-,19-16-. The van der Waals surface area contributed by atoms with Crippen LogP contribution < -0.4 is 4.90 Å². The van der Waals surface area contributed by atoms with Gasteiger partial charge in [-0.1, -0.05) is 37.6 Å². The first-order valence-electron chi connectivity index (χ1n) is 11.0. The second-order valence-electron chi connectivity index (χ2n) is 8.30. The first kappa shape index (κ1) is 26.3. The largest absolute Gasteiger partial charge is 0.416 e. The maximum Gasteiger partial charge on any atom is 0.416 e. The van der Waals surface area contributed by atoms with Gasteiger partial charge in [0.25, 0.3) is 0 Å². The lowest BCUT2D eigenvalue weighted by Crippen LogP contribution is -2.50. The van der Waals surface area contributed by atoms with Gasteiger partial charge in [0.15, 0.2) is 0 Å². The molecule has 11 heteroatoms. The summed E-state index contributed by atoms with van der Waals surface area (Å²) >= 11 is 6.35. The maximum atomic E-state index is 13.0. The molecule has 0 spiro atoms. The van der Waals surface area contributed by atoms with E-state index in [-0.39, 0.29) is 17.5 Å². The Morgan fingerprint density at radius 1 is 1.14 bits per heavy atom. The molecule has 0 N–H and O–H groups in total. The van der Waals surface area contributed by atoms with Gasteiger partial charge in [-0.25, -0.2) is 4.98 Å².